The van der Waals surface area contributed by atoms with Gasteiger partial charge in [0.2, 0.25) is 0 Å². The van der Waals surface area contributed by atoms with E-state index in [9.17, 15) is 0 Å². The number of hydrogen-bond donors (Lipinski definition) is 0. The summed E-state index contributed by atoms with van der Waals surface area (Å²) >= 11 is 0. The van der Waals surface area contributed by atoms with Gasteiger partial charge in [-0.2, -0.15) is 0 Å². The molecule has 0 aliphatic carbocycles. The van der Waals surface area contributed by atoms with Gasteiger partial charge in [-0.25, -0.2) is 0 Å². The van der Waals surface area contributed by atoms with Crippen LogP contribution < -0.4 is 0 Å². The normalized spacial score (nSPS) is 12.0. The molecule has 0 atom stereocenters. The minimum atomic E-state index is -3.07. The fraction of sp³-hybridized carbons (Fsp3) is 1.00. The van der Waals surface area contributed by atoms with E-state index >= 15 is 0 Å². The SMILES string of the molecule is CCCCCCCCO[Si](OCCCCCC)(OCCCCCC)OCCCCCCCC. The number of rotatable bonds is 28. The van der Waals surface area contributed by atoms with Crippen LogP contribution in [0.25, 0.3) is 0 Å². The fourth-order valence-corrected chi connectivity index (χ4v) is 5.94. The summed E-state index contributed by atoms with van der Waals surface area (Å²) in [6, 6.07) is 0. The largest absolute Gasteiger partial charge is 0.679 e. The summed E-state index contributed by atoms with van der Waals surface area (Å²) in [5.41, 5.74) is 0. The van der Waals surface area contributed by atoms with Crippen LogP contribution in [0.15, 0.2) is 0 Å². The van der Waals surface area contributed by atoms with Crippen LogP contribution in [0.3, 0.4) is 0 Å². The van der Waals surface area contributed by atoms with Gasteiger partial charge in [-0.05, 0) is 25.7 Å². The Labute approximate surface area is 209 Å². The van der Waals surface area contributed by atoms with E-state index in [1.807, 2.05) is 0 Å². The highest BCUT2D eigenvalue weighted by atomic mass is 28.4. The van der Waals surface area contributed by atoms with Crippen molar-refractivity contribution in [2.24, 2.45) is 0 Å². The second-order valence-corrected chi connectivity index (χ2v) is 11.7. The van der Waals surface area contributed by atoms with Crippen LogP contribution in [0.1, 0.15) is 156 Å². The van der Waals surface area contributed by atoms with Gasteiger partial charge in [-0.1, -0.05) is 130 Å². The van der Waals surface area contributed by atoms with Gasteiger partial charge in [0.15, 0.2) is 0 Å². The van der Waals surface area contributed by atoms with E-state index in [0.29, 0.717) is 26.4 Å². The van der Waals surface area contributed by atoms with Crippen LogP contribution in [0.4, 0.5) is 0 Å². The van der Waals surface area contributed by atoms with E-state index in [1.165, 1.54) is 103 Å². The van der Waals surface area contributed by atoms with Crippen molar-refractivity contribution in [1.29, 1.82) is 0 Å². The maximum atomic E-state index is 6.37. The van der Waals surface area contributed by atoms with Crippen molar-refractivity contribution in [3.63, 3.8) is 0 Å². The van der Waals surface area contributed by atoms with Crippen LogP contribution in [0, 0.1) is 0 Å². The van der Waals surface area contributed by atoms with Crippen molar-refractivity contribution in [2.45, 2.75) is 156 Å². The van der Waals surface area contributed by atoms with Crippen LogP contribution in [-0.4, -0.2) is 35.5 Å². The van der Waals surface area contributed by atoms with Crippen molar-refractivity contribution >= 4 is 9.05 Å². The molecule has 0 aromatic carbocycles. The highest BCUT2D eigenvalue weighted by Gasteiger charge is 2.45. The quantitative estimate of drug-likeness (QED) is 0.0811. The molecule has 0 rings (SSSR count). The third-order valence-electron chi connectivity index (χ3n) is 6.11. The molecule has 5 heteroatoms. The lowest BCUT2D eigenvalue weighted by molar-refractivity contribution is -0.0375. The zero-order valence-corrected chi connectivity index (χ0v) is 24.1. The van der Waals surface area contributed by atoms with E-state index in [-0.39, 0.29) is 0 Å². The van der Waals surface area contributed by atoms with Gasteiger partial charge in [0.05, 0.1) is 0 Å². The summed E-state index contributed by atoms with van der Waals surface area (Å²) in [5, 5.41) is 0. The molecule has 0 radical (unpaired) electrons. The van der Waals surface area contributed by atoms with Crippen LogP contribution >= 0.6 is 0 Å². The highest BCUT2D eigenvalue weighted by molar-refractivity contribution is 6.53. The molecule has 0 amide bonds. The van der Waals surface area contributed by atoms with Gasteiger partial charge in [0, 0.05) is 26.4 Å². The average molecular weight is 489 g/mol. The molecule has 33 heavy (non-hydrogen) atoms. The van der Waals surface area contributed by atoms with Crippen LogP contribution in [0.5, 0.6) is 0 Å². The Bertz CT molecular complexity index is 334. The van der Waals surface area contributed by atoms with E-state index in [0.717, 1.165) is 25.7 Å². The molecule has 0 saturated carbocycles. The van der Waals surface area contributed by atoms with Crippen molar-refractivity contribution in [1.82, 2.24) is 0 Å². The summed E-state index contributed by atoms with van der Waals surface area (Å²) in [6.45, 7) is 11.8. The van der Waals surface area contributed by atoms with E-state index in [2.05, 4.69) is 27.7 Å². The smallest absolute Gasteiger partial charge is 0.351 e. The molecule has 0 bridgehead atoms. The first kappa shape index (κ1) is 33.1. The Kier molecular flexibility index (Phi) is 26.7. The minimum Gasteiger partial charge on any atom is -0.351 e. The summed E-state index contributed by atoms with van der Waals surface area (Å²) in [5.74, 6) is 0. The lowest BCUT2D eigenvalue weighted by atomic mass is 10.1. The van der Waals surface area contributed by atoms with Crippen molar-refractivity contribution < 1.29 is 17.7 Å². The lowest BCUT2D eigenvalue weighted by Crippen LogP contribution is -2.50. The van der Waals surface area contributed by atoms with Crippen molar-refractivity contribution in [3.05, 3.63) is 0 Å². The summed E-state index contributed by atoms with van der Waals surface area (Å²) in [7, 11) is -3.07. The Hall–Kier alpha value is 0.0569. The molecule has 0 aliphatic rings. The maximum absolute atomic E-state index is 6.37. The molecule has 200 valence electrons. The number of hydrogen-bond acceptors (Lipinski definition) is 4. The minimum absolute atomic E-state index is 0.689. The van der Waals surface area contributed by atoms with Gasteiger partial charge in [0.1, 0.15) is 0 Å². The molecule has 0 spiro atoms. The topological polar surface area (TPSA) is 36.9 Å². The molecule has 0 heterocycles. The lowest BCUT2D eigenvalue weighted by Gasteiger charge is -2.28. The Balaban J connectivity index is 4.70. The first-order valence-electron chi connectivity index (χ1n) is 14.8. The summed E-state index contributed by atoms with van der Waals surface area (Å²) < 4.78 is 25.4. The predicted octanol–water partition coefficient (Wildman–Crippen LogP) is 9.37. The van der Waals surface area contributed by atoms with Gasteiger partial charge < -0.3 is 17.7 Å². The van der Waals surface area contributed by atoms with Gasteiger partial charge in [0.25, 0.3) is 0 Å². The van der Waals surface area contributed by atoms with Crippen LogP contribution in [0.2, 0.25) is 0 Å². The first-order chi connectivity index (χ1) is 16.2. The molecule has 0 aromatic heterocycles. The summed E-state index contributed by atoms with van der Waals surface area (Å²) in [4.78, 5) is 0. The molecule has 0 unspecified atom stereocenters. The first-order valence-corrected chi connectivity index (χ1v) is 16.4. The van der Waals surface area contributed by atoms with E-state index in [1.54, 1.807) is 0 Å². The predicted molar refractivity (Wildman–Crippen MR) is 145 cm³/mol. The standard InChI is InChI=1S/C28H60O4Si/c1-5-9-13-17-19-23-27-31-33(29-25-21-15-11-7-3,30-26-22-16-12-8-4)32-28-24-20-18-14-10-6-2/h5-28H2,1-4H3. The third kappa shape index (κ3) is 22.3. The van der Waals surface area contributed by atoms with Gasteiger partial charge >= 0.3 is 9.05 Å². The van der Waals surface area contributed by atoms with Gasteiger partial charge in [-0.15, -0.1) is 0 Å². The Morgan fingerprint density at radius 3 is 0.788 bits per heavy atom. The monoisotopic (exact) mass is 488 g/mol. The van der Waals surface area contributed by atoms with E-state index in [4.69, 9.17) is 17.7 Å². The van der Waals surface area contributed by atoms with Crippen LogP contribution in [-0.2, 0) is 17.7 Å². The molecule has 0 aliphatic heterocycles. The molecule has 0 N–H and O–H groups in total. The Morgan fingerprint density at radius 2 is 0.515 bits per heavy atom. The fourth-order valence-electron chi connectivity index (χ4n) is 3.86. The van der Waals surface area contributed by atoms with Crippen molar-refractivity contribution in [2.75, 3.05) is 26.4 Å². The van der Waals surface area contributed by atoms with Crippen molar-refractivity contribution in [3.8, 4) is 0 Å². The zero-order valence-electron chi connectivity index (χ0n) is 23.1. The zero-order chi connectivity index (χ0) is 24.3. The molecule has 4 nitrogen and oxygen atoms in total. The average Bonchev–Trinajstić information content (AvgIpc) is 2.82. The highest BCUT2D eigenvalue weighted by Crippen LogP contribution is 2.18. The summed E-state index contributed by atoms with van der Waals surface area (Å²) in [6.07, 6.45) is 24.6. The second-order valence-electron chi connectivity index (χ2n) is 9.55. The second kappa shape index (κ2) is 26.7. The molecular formula is C28H60O4Si. The van der Waals surface area contributed by atoms with E-state index < -0.39 is 9.05 Å². The maximum Gasteiger partial charge on any atom is 0.679 e. The molecular weight excluding hydrogens is 428 g/mol. The molecule has 0 aromatic rings. The van der Waals surface area contributed by atoms with Gasteiger partial charge in [-0.3, -0.25) is 0 Å². The number of unbranched alkanes of at least 4 members (excludes halogenated alkanes) is 16. The molecule has 0 fully saturated rings. The third-order valence-corrected chi connectivity index (χ3v) is 8.34. The Morgan fingerprint density at radius 1 is 0.303 bits per heavy atom. The molecule has 0 saturated heterocycles.